The molecule has 0 atom stereocenters. The minimum absolute atomic E-state index is 0.0295. The van der Waals surface area contributed by atoms with Crippen LogP contribution in [0.5, 0.6) is 0 Å². The molecule has 1 aromatic heterocycles. The van der Waals surface area contributed by atoms with Gasteiger partial charge in [-0.3, -0.25) is 4.79 Å². The van der Waals surface area contributed by atoms with Crippen LogP contribution in [0.2, 0.25) is 5.02 Å². The summed E-state index contributed by atoms with van der Waals surface area (Å²) < 4.78 is 0.800. The summed E-state index contributed by atoms with van der Waals surface area (Å²) in [6.45, 7) is 1.93. The number of benzene rings is 1. The Hall–Kier alpha value is -0.640. The van der Waals surface area contributed by atoms with E-state index in [9.17, 15) is 4.79 Å². The molecule has 0 N–H and O–H groups in total. The summed E-state index contributed by atoms with van der Waals surface area (Å²) in [5.74, 6) is 0.0295. The Balaban J connectivity index is 2.42. The second kappa shape index (κ2) is 4.70. The first-order valence-electron chi connectivity index (χ1n) is 4.63. The summed E-state index contributed by atoms with van der Waals surface area (Å²) in [6, 6.07) is 7.20. The van der Waals surface area contributed by atoms with Crippen molar-refractivity contribution in [1.82, 2.24) is 0 Å². The highest BCUT2D eigenvalue weighted by molar-refractivity contribution is 9.10. The lowest BCUT2D eigenvalue weighted by Gasteiger charge is -2.02. The van der Waals surface area contributed by atoms with E-state index in [4.69, 9.17) is 11.6 Å². The van der Waals surface area contributed by atoms with Crippen LogP contribution in [0, 0.1) is 6.92 Å². The fourth-order valence-electron chi connectivity index (χ4n) is 1.37. The van der Waals surface area contributed by atoms with Crippen molar-refractivity contribution in [3.8, 4) is 0 Å². The number of carbonyl (C=O) groups excluding carboxylic acids is 1. The van der Waals surface area contributed by atoms with E-state index >= 15 is 0 Å². The maximum absolute atomic E-state index is 12.1. The molecule has 0 aliphatic rings. The Kier molecular flexibility index (Phi) is 3.47. The first kappa shape index (κ1) is 11.8. The topological polar surface area (TPSA) is 17.1 Å². The Bertz CT molecular complexity index is 548. The molecule has 0 unspecified atom stereocenters. The van der Waals surface area contributed by atoms with Crippen LogP contribution in [-0.2, 0) is 0 Å². The van der Waals surface area contributed by atoms with Crippen LogP contribution in [0.1, 0.15) is 20.8 Å². The van der Waals surface area contributed by atoms with Gasteiger partial charge in [-0.15, -0.1) is 11.3 Å². The molecule has 16 heavy (non-hydrogen) atoms. The van der Waals surface area contributed by atoms with Crippen molar-refractivity contribution in [2.75, 3.05) is 0 Å². The summed E-state index contributed by atoms with van der Waals surface area (Å²) in [5, 5.41) is 2.48. The minimum Gasteiger partial charge on any atom is -0.288 e. The second-order valence-electron chi connectivity index (χ2n) is 3.39. The Morgan fingerprint density at radius 1 is 1.38 bits per heavy atom. The molecule has 0 spiro atoms. The van der Waals surface area contributed by atoms with Gasteiger partial charge in [0.15, 0.2) is 0 Å². The number of rotatable bonds is 2. The molecule has 0 bridgehead atoms. The number of hydrogen-bond donors (Lipinski definition) is 0. The molecule has 0 saturated heterocycles. The lowest BCUT2D eigenvalue weighted by molar-refractivity contribution is 0.104. The van der Waals surface area contributed by atoms with Crippen LogP contribution in [0.3, 0.4) is 0 Å². The molecular weight excluding hydrogens is 308 g/mol. The van der Waals surface area contributed by atoms with Gasteiger partial charge in [-0.2, -0.15) is 0 Å². The third kappa shape index (κ3) is 2.21. The van der Waals surface area contributed by atoms with Gasteiger partial charge in [-0.25, -0.2) is 0 Å². The highest BCUT2D eigenvalue weighted by atomic mass is 79.9. The van der Waals surface area contributed by atoms with Crippen molar-refractivity contribution >= 4 is 44.7 Å². The van der Waals surface area contributed by atoms with Gasteiger partial charge in [0.2, 0.25) is 5.78 Å². The number of carbonyl (C=O) groups is 1. The monoisotopic (exact) mass is 314 g/mol. The second-order valence-corrected chi connectivity index (χ2v) is 5.57. The molecular formula is C12H8BrClOS. The summed E-state index contributed by atoms with van der Waals surface area (Å²) in [4.78, 5) is 12.9. The van der Waals surface area contributed by atoms with Crippen molar-refractivity contribution < 1.29 is 4.79 Å². The van der Waals surface area contributed by atoms with E-state index in [-0.39, 0.29) is 5.78 Å². The van der Waals surface area contributed by atoms with Gasteiger partial charge in [0.25, 0.3) is 0 Å². The van der Waals surface area contributed by atoms with Gasteiger partial charge in [0.05, 0.1) is 9.90 Å². The predicted molar refractivity (Wildman–Crippen MR) is 71.6 cm³/mol. The fourth-order valence-corrected chi connectivity index (χ4v) is 2.69. The first-order valence-corrected chi connectivity index (χ1v) is 6.68. The largest absolute Gasteiger partial charge is 0.288 e. The molecule has 82 valence electrons. The molecule has 0 saturated carbocycles. The first-order chi connectivity index (χ1) is 7.59. The molecule has 4 heteroatoms. The zero-order valence-corrected chi connectivity index (χ0v) is 11.6. The molecule has 0 aliphatic heterocycles. The number of thiophene rings is 1. The molecule has 2 rings (SSSR count). The van der Waals surface area contributed by atoms with Crippen molar-refractivity contribution in [2.24, 2.45) is 0 Å². The van der Waals surface area contributed by atoms with Gasteiger partial charge in [-0.1, -0.05) is 11.6 Å². The maximum Gasteiger partial charge on any atom is 0.203 e. The Labute approximate surface area is 111 Å². The fraction of sp³-hybridized carbons (Fsp3) is 0.0833. The van der Waals surface area contributed by atoms with Gasteiger partial charge in [0.1, 0.15) is 0 Å². The SMILES string of the molecule is Cc1ccsc1C(=O)c1ccc(Br)c(Cl)c1. The average molecular weight is 316 g/mol. The lowest BCUT2D eigenvalue weighted by Crippen LogP contribution is -2.00. The number of halogens is 2. The molecule has 1 nitrogen and oxygen atoms in total. The van der Waals surface area contributed by atoms with E-state index in [0.717, 1.165) is 14.9 Å². The Morgan fingerprint density at radius 3 is 2.69 bits per heavy atom. The third-order valence-corrected chi connectivity index (χ3v) is 4.50. The van der Waals surface area contributed by atoms with Crippen LogP contribution in [-0.4, -0.2) is 5.78 Å². The van der Waals surface area contributed by atoms with Crippen LogP contribution < -0.4 is 0 Å². The van der Waals surface area contributed by atoms with Crippen LogP contribution in [0.15, 0.2) is 34.1 Å². The van der Waals surface area contributed by atoms with Gasteiger partial charge in [0, 0.05) is 10.0 Å². The predicted octanol–water partition coefficient (Wildman–Crippen LogP) is 4.70. The summed E-state index contributed by atoms with van der Waals surface area (Å²) in [7, 11) is 0. The number of aryl methyl sites for hydroxylation is 1. The quantitative estimate of drug-likeness (QED) is 0.734. The molecule has 0 radical (unpaired) electrons. The highest BCUT2D eigenvalue weighted by Crippen LogP contribution is 2.26. The third-order valence-electron chi connectivity index (χ3n) is 2.25. The van der Waals surface area contributed by atoms with Crippen LogP contribution >= 0.6 is 38.9 Å². The van der Waals surface area contributed by atoms with E-state index in [1.807, 2.05) is 18.4 Å². The van der Waals surface area contributed by atoms with Crippen molar-refractivity contribution in [2.45, 2.75) is 6.92 Å². The molecule has 1 heterocycles. The average Bonchev–Trinajstić information content (AvgIpc) is 2.67. The van der Waals surface area contributed by atoms with E-state index in [0.29, 0.717) is 10.6 Å². The van der Waals surface area contributed by atoms with E-state index in [2.05, 4.69) is 15.9 Å². The summed E-state index contributed by atoms with van der Waals surface area (Å²) in [6.07, 6.45) is 0. The normalized spacial score (nSPS) is 10.4. The van der Waals surface area contributed by atoms with Crippen LogP contribution in [0.25, 0.3) is 0 Å². The van der Waals surface area contributed by atoms with E-state index in [1.54, 1.807) is 18.2 Å². The molecule has 1 aromatic carbocycles. The number of ketones is 1. The highest BCUT2D eigenvalue weighted by Gasteiger charge is 2.13. The van der Waals surface area contributed by atoms with Crippen molar-refractivity contribution in [1.29, 1.82) is 0 Å². The van der Waals surface area contributed by atoms with Crippen molar-refractivity contribution in [3.05, 3.63) is 55.1 Å². The van der Waals surface area contributed by atoms with Crippen molar-refractivity contribution in [3.63, 3.8) is 0 Å². The lowest BCUT2D eigenvalue weighted by atomic mass is 10.1. The molecule has 2 aromatic rings. The summed E-state index contributed by atoms with van der Waals surface area (Å²) in [5.41, 5.74) is 1.63. The van der Waals surface area contributed by atoms with Gasteiger partial charge >= 0.3 is 0 Å². The van der Waals surface area contributed by atoms with E-state index < -0.39 is 0 Å². The summed E-state index contributed by atoms with van der Waals surface area (Å²) >= 11 is 10.7. The zero-order valence-electron chi connectivity index (χ0n) is 8.46. The zero-order chi connectivity index (χ0) is 11.7. The standard InChI is InChI=1S/C12H8BrClOS/c1-7-4-5-16-12(7)11(15)8-2-3-9(13)10(14)6-8/h2-6H,1H3. The maximum atomic E-state index is 12.1. The van der Waals surface area contributed by atoms with Gasteiger partial charge < -0.3 is 0 Å². The van der Waals surface area contributed by atoms with Crippen LogP contribution in [0.4, 0.5) is 0 Å². The number of hydrogen-bond acceptors (Lipinski definition) is 2. The molecule has 0 aliphatic carbocycles. The Morgan fingerprint density at radius 2 is 2.12 bits per heavy atom. The minimum atomic E-state index is 0.0295. The van der Waals surface area contributed by atoms with E-state index in [1.165, 1.54) is 11.3 Å². The molecule has 0 fully saturated rings. The smallest absolute Gasteiger partial charge is 0.203 e. The molecule has 0 amide bonds. The van der Waals surface area contributed by atoms with Gasteiger partial charge in [-0.05, 0) is 58.1 Å².